The summed E-state index contributed by atoms with van der Waals surface area (Å²) in [6.45, 7) is 2.00. The predicted octanol–water partition coefficient (Wildman–Crippen LogP) is 3.11. The molecule has 1 saturated heterocycles. The molecule has 2 heterocycles. The van der Waals surface area contributed by atoms with E-state index >= 15 is 0 Å². The quantitative estimate of drug-likeness (QED) is 0.714. The molecule has 1 aromatic carbocycles. The van der Waals surface area contributed by atoms with Gasteiger partial charge < -0.3 is 15.4 Å². The summed E-state index contributed by atoms with van der Waals surface area (Å²) in [5.74, 6) is 3.39. The van der Waals surface area contributed by atoms with E-state index in [0.29, 0.717) is 19.3 Å². The summed E-state index contributed by atoms with van der Waals surface area (Å²) in [5, 5.41) is 14.3. The second-order valence-corrected chi connectivity index (χ2v) is 6.53. The number of rotatable bonds is 8. The third-order valence-electron chi connectivity index (χ3n) is 4.53. The van der Waals surface area contributed by atoms with Gasteiger partial charge in [0.15, 0.2) is 5.66 Å². The van der Waals surface area contributed by atoms with Crippen LogP contribution < -0.4 is 15.4 Å². The maximum absolute atomic E-state index is 12.1. The highest BCUT2D eigenvalue weighted by molar-refractivity contribution is 5.90. The highest BCUT2D eigenvalue weighted by Gasteiger charge is 2.39. The Labute approximate surface area is 148 Å². The van der Waals surface area contributed by atoms with E-state index in [4.69, 9.17) is 11.2 Å². The lowest BCUT2D eigenvalue weighted by atomic mass is 10.0. The number of benzene rings is 1. The number of terminal acetylenes is 1. The minimum atomic E-state index is -0.406. The van der Waals surface area contributed by atoms with Crippen molar-refractivity contribution in [3.8, 4) is 18.1 Å². The van der Waals surface area contributed by atoms with Crippen LogP contribution >= 0.6 is 0 Å². The van der Waals surface area contributed by atoms with Gasteiger partial charge in [0.2, 0.25) is 5.91 Å². The third-order valence-corrected chi connectivity index (χ3v) is 4.53. The van der Waals surface area contributed by atoms with Gasteiger partial charge in [-0.25, -0.2) is 0 Å². The summed E-state index contributed by atoms with van der Waals surface area (Å²) in [4.78, 5) is 12.1. The topological polar surface area (TPSA) is 75.1 Å². The van der Waals surface area contributed by atoms with E-state index in [1.54, 1.807) is 0 Å². The minimum Gasteiger partial charge on any atom is -0.490 e. The van der Waals surface area contributed by atoms with Crippen molar-refractivity contribution >= 4 is 11.6 Å². The lowest BCUT2D eigenvalue weighted by Gasteiger charge is -2.23. The fraction of sp³-hybridized carbons (Fsp3) is 0.526. The summed E-state index contributed by atoms with van der Waals surface area (Å²) in [6, 6.07) is 7.54. The third kappa shape index (κ3) is 5.30. The molecule has 2 N–H and O–H groups in total. The van der Waals surface area contributed by atoms with Crippen molar-refractivity contribution < 1.29 is 9.53 Å². The van der Waals surface area contributed by atoms with Crippen LogP contribution in [0.15, 0.2) is 34.5 Å². The van der Waals surface area contributed by atoms with E-state index in [1.807, 2.05) is 24.3 Å². The lowest BCUT2D eigenvalue weighted by molar-refractivity contribution is -0.116. The Bertz CT molecular complexity index is 651. The second-order valence-electron chi connectivity index (χ2n) is 6.53. The number of anilines is 1. The molecule has 0 radical (unpaired) electrons. The normalized spacial score (nSPS) is 18.4. The first kappa shape index (κ1) is 17.4. The van der Waals surface area contributed by atoms with Gasteiger partial charge in [0.1, 0.15) is 11.9 Å². The van der Waals surface area contributed by atoms with Gasteiger partial charge in [-0.15, -0.1) is 12.3 Å². The smallest absolute Gasteiger partial charge is 0.224 e. The predicted molar refractivity (Wildman–Crippen MR) is 96.5 cm³/mol. The molecule has 6 nitrogen and oxygen atoms in total. The van der Waals surface area contributed by atoms with E-state index in [1.165, 1.54) is 0 Å². The molecule has 2 aliphatic rings. The first-order chi connectivity index (χ1) is 12.2. The van der Waals surface area contributed by atoms with Crippen molar-refractivity contribution in [3.05, 3.63) is 24.3 Å². The van der Waals surface area contributed by atoms with Crippen molar-refractivity contribution in [2.24, 2.45) is 10.2 Å². The van der Waals surface area contributed by atoms with E-state index in [2.05, 4.69) is 26.8 Å². The van der Waals surface area contributed by atoms with Gasteiger partial charge in [-0.2, -0.15) is 10.2 Å². The van der Waals surface area contributed by atoms with Crippen LogP contribution in [0, 0.1) is 12.3 Å². The molecule has 0 saturated carbocycles. The fourth-order valence-corrected chi connectivity index (χ4v) is 2.93. The van der Waals surface area contributed by atoms with Crippen molar-refractivity contribution in [1.29, 1.82) is 0 Å². The molecule has 0 atom stereocenters. The van der Waals surface area contributed by atoms with Gasteiger partial charge in [-0.1, -0.05) is 0 Å². The summed E-state index contributed by atoms with van der Waals surface area (Å²) in [5.41, 5.74) is 0.362. The first-order valence-corrected chi connectivity index (χ1v) is 8.84. The van der Waals surface area contributed by atoms with Crippen LogP contribution in [-0.4, -0.2) is 30.8 Å². The molecule has 6 heteroatoms. The number of piperidine rings is 1. The van der Waals surface area contributed by atoms with Crippen LogP contribution in [0.3, 0.4) is 0 Å². The minimum absolute atomic E-state index is 0.0376. The van der Waals surface area contributed by atoms with Crippen molar-refractivity contribution in [2.45, 2.75) is 50.3 Å². The molecule has 1 amide bonds. The molecular formula is C19H24N4O2. The van der Waals surface area contributed by atoms with Crippen molar-refractivity contribution in [1.82, 2.24) is 5.32 Å². The maximum Gasteiger partial charge on any atom is 0.224 e. The summed E-state index contributed by atoms with van der Waals surface area (Å²) < 4.78 is 5.96. The monoisotopic (exact) mass is 340 g/mol. The number of amides is 1. The Morgan fingerprint density at radius 2 is 2.00 bits per heavy atom. The van der Waals surface area contributed by atoms with Crippen LogP contribution in [0.2, 0.25) is 0 Å². The SMILES string of the molecule is C#CCCC1(CCC(=O)Nc2ccc(OC3CCNCC3)cc2)N=N1. The van der Waals surface area contributed by atoms with E-state index in [9.17, 15) is 4.79 Å². The molecule has 25 heavy (non-hydrogen) atoms. The zero-order valence-corrected chi connectivity index (χ0v) is 14.3. The fourth-order valence-electron chi connectivity index (χ4n) is 2.93. The maximum atomic E-state index is 12.1. The molecule has 2 aliphatic heterocycles. The van der Waals surface area contributed by atoms with Crippen molar-refractivity contribution in [2.75, 3.05) is 18.4 Å². The number of nitrogens with zero attached hydrogens (tertiary/aromatic N) is 2. The summed E-state index contributed by atoms with van der Waals surface area (Å²) in [7, 11) is 0. The van der Waals surface area contributed by atoms with Crippen LogP contribution in [-0.2, 0) is 4.79 Å². The zero-order chi connectivity index (χ0) is 17.5. The van der Waals surface area contributed by atoms with E-state index < -0.39 is 5.66 Å². The van der Waals surface area contributed by atoms with Gasteiger partial charge in [-0.3, -0.25) is 4.79 Å². The Morgan fingerprint density at radius 1 is 1.28 bits per heavy atom. The van der Waals surface area contributed by atoms with Crippen LogP contribution in [0.4, 0.5) is 5.69 Å². The first-order valence-electron chi connectivity index (χ1n) is 8.84. The average molecular weight is 340 g/mol. The standard InChI is InChI=1S/C19H24N4O2/c1-2-3-11-19(22-23-19)12-8-18(24)21-15-4-6-16(7-5-15)25-17-9-13-20-14-10-17/h1,4-7,17,20H,3,8-14H2,(H,21,24). The molecule has 1 fully saturated rings. The highest BCUT2D eigenvalue weighted by atomic mass is 16.5. The van der Waals surface area contributed by atoms with Gasteiger partial charge in [0.25, 0.3) is 0 Å². The number of hydrogen-bond acceptors (Lipinski definition) is 5. The Hall–Kier alpha value is -2.39. The molecular weight excluding hydrogens is 316 g/mol. The van der Waals surface area contributed by atoms with Gasteiger partial charge >= 0.3 is 0 Å². The van der Waals surface area contributed by atoms with Crippen molar-refractivity contribution in [3.63, 3.8) is 0 Å². The largest absolute Gasteiger partial charge is 0.490 e. The lowest BCUT2D eigenvalue weighted by Crippen LogP contribution is -2.34. The number of hydrogen-bond donors (Lipinski definition) is 2. The van der Waals surface area contributed by atoms with E-state index in [0.717, 1.165) is 43.8 Å². The highest BCUT2D eigenvalue weighted by Crippen LogP contribution is 2.37. The van der Waals surface area contributed by atoms with Crippen LogP contribution in [0.25, 0.3) is 0 Å². The van der Waals surface area contributed by atoms with E-state index in [-0.39, 0.29) is 12.0 Å². The molecule has 0 spiro atoms. The Balaban J connectivity index is 1.41. The van der Waals surface area contributed by atoms with Crippen LogP contribution in [0.1, 0.15) is 38.5 Å². The van der Waals surface area contributed by atoms with Crippen LogP contribution in [0.5, 0.6) is 5.75 Å². The molecule has 0 aromatic heterocycles. The Morgan fingerprint density at radius 3 is 2.64 bits per heavy atom. The molecule has 3 rings (SSSR count). The average Bonchev–Trinajstić information content (AvgIpc) is 3.41. The number of ether oxygens (including phenoxy) is 1. The van der Waals surface area contributed by atoms with Gasteiger partial charge in [0, 0.05) is 31.4 Å². The molecule has 132 valence electrons. The second kappa shape index (κ2) is 8.13. The molecule has 0 aliphatic carbocycles. The number of nitrogens with one attached hydrogen (secondary N) is 2. The Kier molecular flexibility index (Phi) is 5.67. The summed E-state index contributed by atoms with van der Waals surface area (Å²) in [6.07, 6.45) is 9.93. The number of carbonyl (C=O) groups is 1. The number of carbonyl (C=O) groups excluding carboxylic acids is 1. The molecule has 0 bridgehead atoms. The zero-order valence-electron chi connectivity index (χ0n) is 14.3. The summed E-state index contributed by atoms with van der Waals surface area (Å²) >= 11 is 0. The van der Waals surface area contributed by atoms with Gasteiger partial charge in [-0.05, 0) is 50.2 Å². The van der Waals surface area contributed by atoms with Gasteiger partial charge in [0.05, 0.1) is 0 Å². The molecule has 0 unspecified atom stereocenters. The molecule has 1 aromatic rings.